The number of carbonyl (C=O) groups excluding carboxylic acids is 1. The van der Waals surface area contributed by atoms with Gasteiger partial charge in [0.15, 0.2) is 0 Å². The molecule has 0 unspecified atom stereocenters. The Morgan fingerprint density at radius 1 is 1.21 bits per heavy atom. The fourth-order valence-corrected chi connectivity index (χ4v) is 3.85. The van der Waals surface area contributed by atoms with Gasteiger partial charge in [0, 0.05) is 24.7 Å². The van der Waals surface area contributed by atoms with Crippen molar-refractivity contribution in [3.63, 3.8) is 0 Å². The van der Waals surface area contributed by atoms with Gasteiger partial charge in [0.1, 0.15) is 18.2 Å². The quantitative estimate of drug-likeness (QED) is 0.747. The number of sulfonamides is 1. The number of piperidine rings is 1. The number of benzene rings is 2. The van der Waals surface area contributed by atoms with Gasteiger partial charge in [0.25, 0.3) is 5.91 Å². The molecule has 0 aliphatic carbocycles. The smallest absolute Gasteiger partial charge is 0.254 e. The molecule has 0 saturated carbocycles. The van der Waals surface area contributed by atoms with Crippen LogP contribution in [0.3, 0.4) is 0 Å². The Bertz CT molecular complexity index is 947. The highest BCUT2D eigenvalue weighted by atomic mass is 32.2. The van der Waals surface area contributed by atoms with E-state index in [1.807, 2.05) is 0 Å². The molecule has 0 radical (unpaired) electrons. The lowest BCUT2D eigenvalue weighted by Crippen LogP contribution is -2.49. The Kier molecular flexibility index (Phi) is 6.87. The number of ether oxygens (including phenoxy) is 1. The molecule has 0 spiro atoms. The molecule has 1 saturated heterocycles. The van der Waals surface area contributed by atoms with Gasteiger partial charge in [-0.2, -0.15) is 0 Å². The van der Waals surface area contributed by atoms with E-state index in [9.17, 15) is 17.6 Å². The first kappa shape index (κ1) is 21.3. The monoisotopic (exact) mass is 420 g/mol. The predicted molar refractivity (Wildman–Crippen MR) is 109 cm³/mol. The molecule has 3 rings (SSSR count). The summed E-state index contributed by atoms with van der Waals surface area (Å²) < 4.78 is 44.1. The van der Waals surface area contributed by atoms with Crippen LogP contribution in [0.1, 0.15) is 35.2 Å². The molecule has 0 bridgehead atoms. The maximum absolute atomic E-state index is 13.1. The van der Waals surface area contributed by atoms with Crippen LogP contribution < -0.4 is 9.46 Å². The van der Waals surface area contributed by atoms with Crippen molar-refractivity contribution in [1.82, 2.24) is 9.62 Å². The maximum Gasteiger partial charge on any atom is 0.254 e. The predicted octanol–water partition coefficient (Wildman–Crippen LogP) is 2.95. The molecule has 1 aliphatic rings. The number of nitrogens with zero attached hydrogens (tertiary/aromatic N) is 1. The minimum atomic E-state index is -3.31. The lowest BCUT2D eigenvalue weighted by molar-refractivity contribution is 0.0618. The third-order valence-corrected chi connectivity index (χ3v) is 5.56. The summed E-state index contributed by atoms with van der Waals surface area (Å²) in [5.41, 5.74) is 1.32. The van der Waals surface area contributed by atoms with Crippen molar-refractivity contribution in [2.24, 2.45) is 0 Å². The molecule has 1 heterocycles. The van der Waals surface area contributed by atoms with Crippen LogP contribution in [-0.2, 0) is 16.6 Å². The molecule has 1 N–H and O–H groups in total. The SMILES string of the molecule is CS(=O)(=O)NC[C@H]1CCCCN1C(=O)c1cccc(OCc2ccc(F)cc2)c1. The van der Waals surface area contributed by atoms with Crippen molar-refractivity contribution in [3.05, 3.63) is 65.5 Å². The molecule has 2 aromatic carbocycles. The summed E-state index contributed by atoms with van der Waals surface area (Å²) in [4.78, 5) is 14.8. The largest absolute Gasteiger partial charge is 0.489 e. The molecule has 1 amide bonds. The maximum atomic E-state index is 13.1. The second-order valence-corrected chi connectivity index (χ2v) is 9.04. The van der Waals surface area contributed by atoms with Crippen LogP contribution in [0.15, 0.2) is 48.5 Å². The molecule has 29 heavy (non-hydrogen) atoms. The van der Waals surface area contributed by atoms with Crippen molar-refractivity contribution < 1.29 is 22.3 Å². The lowest BCUT2D eigenvalue weighted by Gasteiger charge is -2.36. The summed E-state index contributed by atoms with van der Waals surface area (Å²) in [7, 11) is -3.31. The second kappa shape index (κ2) is 9.37. The van der Waals surface area contributed by atoms with Crippen molar-refractivity contribution in [2.45, 2.75) is 31.9 Å². The summed E-state index contributed by atoms with van der Waals surface area (Å²) in [5, 5.41) is 0. The Morgan fingerprint density at radius 2 is 1.97 bits per heavy atom. The molecular formula is C21H25FN2O4S. The Labute approximate surface area is 170 Å². The number of likely N-dealkylation sites (tertiary alicyclic amines) is 1. The lowest BCUT2D eigenvalue weighted by atomic mass is 10.0. The highest BCUT2D eigenvalue weighted by Gasteiger charge is 2.28. The van der Waals surface area contributed by atoms with Crippen LogP contribution in [0, 0.1) is 5.82 Å². The molecule has 1 atom stereocenters. The zero-order valence-corrected chi connectivity index (χ0v) is 17.1. The van der Waals surface area contributed by atoms with E-state index in [-0.39, 0.29) is 30.9 Å². The van der Waals surface area contributed by atoms with Gasteiger partial charge in [-0.25, -0.2) is 17.5 Å². The van der Waals surface area contributed by atoms with Crippen LogP contribution in [-0.4, -0.2) is 44.6 Å². The average molecular weight is 421 g/mol. The summed E-state index contributed by atoms with van der Waals surface area (Å²) in [6, 6.07) is 12.8. The number of nitrogens with one attached hydrogen (secondary N) is 1. The van der Waals surface area contributed by atoms with Crippen molar-refractivity contribution in [2.75, 3.05) is 19.3 Å². The summed E-state index contributed by atoms with van der Waals surface area (Å²) in [6.07, 6.45) is 3.72. The molecule has 1 fully saturated rings. The van der Waals surface area contributed by atoms with Crippen LogP contribution in [0.25, 0.3) is 0 Å². The molecule has 8 heteroatoms. The van der Waals surface area contributed by atoms with Crippen LogP contribution in [0.4, 0.5) is 4.39 Å². The normalized spacial score (nSPS) is 17.2. The van der Waals surface area contributed by atoms with Gasteiger partial charge in [0.2, 0.25) is 10.0 Å². The molecule has 6 nitrogen and oxygen atoms in total. The van der Waals surface area contributed by atoms with E-state index in [0.717, 1.165) is 31.1 Å². The van der Waals surface area contributed by atoms with Crippen molar-refractivity contribution in [3.8, 4) is 5.75 Å². The van der Waals surface area contributed by atoms with E-state index in [1.165, 1.54) is 12.1 Å². The van der Waals surface area contributed by atoms with Crippen LogP contribution in [0.2, 0.25) is 0 Å². The highest BCUT2D eigenvalue weighted by molar-refractivity contribution is 7.88. The first-order valence-corrected chi connectivity index (χ1v) is 11.4. The Balaban J connectivity index is 1.67. The summed E-state index contributed by atoms with van der Waals surface area (Å²) in [5.74, 6) is 0.100. The highest BCUT2D eigenvalue weighted by Crippen LogP contribution is 2.22. The third-order valence-electron chi connectivity index (χ3n) is 4.87. The van der Waals surface area contributed by atoms with E-state index in [4.69, 9.17) is 4.74 Å². The van der Waals surface area contributed by atoms with Crippen molar-refractivity contribution in [1.29, 1.82) is 0 Å². The standard InChI is InChI=1S/C21H25FN2O4S/c1-29(26,27)23-14-19-6-2-3-12-24(19)21(25)17-5-4-7-20(13-17)28-15-16-8-10-18(22)11-9-16/h4-5,7-11,13,19,23H,2-3,6,12,14-15H2,1H3/t19-/m1/s1. The summed E-state index contributed by atoms with van der Waals surface area (Å²) in [6.45, 7) is 1.07. The summed E-state index contributed by atoms with van der Waals surface area (Å²) >= 11 is 0. The van der Waals surface area contributed by atoms with Gasteiger partial charge in [-0.15, -0.1) is 0 Å². The molecule has 156 valence electrons. The van der Waals surface area contributed by atoms with Crippen LogP contribution in [0.5, 0.6) is 5.75 Å². The van der Waals surface area contributed by atoms with E-state index >= 15 is 0 Å². The molecule has 0 aromatic heterocycles. The number of rotatable bonds is 7. The number of carbonyl (C=O) groups is 1. The van der Waals surface area contributed by atoms with E-state index in [1.54, 1.807) is 41.3 Å². The number of hydrogen-bond acceptors (Lipinski definition) is 4. The van der Waals surface area contributed by atoms with E-state index in [2.05, 4.69) is 4.72 Å². The number of hydrogen-bond donors (Lipinski definition) is 1. The van der Waals surface area contributed by atoms with Gasteiger partial charge >= 0.3 is 0 Å². The van der Waals surface area contributed by atoms with E-state index in [0.29, 0.717) is 17.9 Å². The number of halogens is 1. The fraction of sp³-hybridized carbons (Fsp3) is 0.381. The van der Waals surface area contributed by atoms with Crippen molar-refractivity contribution >= 4 is 15.9 Å². The molecule has 1 aliphatic heterocycles. The molecular weight excluding hydrogens is 395 g/mol. The first-order chi connectivity index (χ1) is 13.8. The second-order valence-electron chi connectivity index (χ2n) is 7.21. The fourth-order valence-electron chi connectivity index (χ4n) is 3.36. The van der Waals surface area contributed by atoms with Gasteiger partial charge in [-0.3, -0.25) is 4.79 Å². The van der Waals surface area contributed by atoms with Gasteiger partial charge in [-0.05, 0) is 55.2 Å². The van der Waals surface area contributed by atoms with E-state index < -0.39 is 10.0 Å². The zero-order valence-electron chi connectivity index (χ0n) is 16.3. The average Bonchev–Trinajstić information content (AvgIpc) is 2.71. The topological polar surface area (TPSA) is 75.7 Å². The number of amides is 1. The molecule has 2 aromatic rings. The van der Waals surface area contributed by atoms with Gasteiger partial charge in [-0.1, -0.05) is 18.2 Å². The minimum Gasteiger partial charge on any atom is -0.489 e. The zero-order chi connectivity index (χ0) is 20.9. The third kappa shape index (κ3) is 6.27. The Morgan fingerprint density at radius 3 is 2.69 bits per heavy atom. The van der Waals surface area contributed by atoms with Gasteiger partial charge in [0.05, 0.1) is 6.26 Å². The van der Waals surface area contributed by atoms with Gasteiger partial charge < -0.3 is 9.64 Å². The minimum absolute atomic E-state index is 0.141. The Hall–Kier alpha value is -2.45. The first-order valence-electron chi connectivity index (χ1n) is 9.55. The van der Waals surface area contributed by atoms with Crippen LogP contribution >= 0.6 is 0 Å².